The smallest absolute Gasteiger partial charge is 0.268 e. The Morgan fingerprint density at radius 2 is 2.21 bits per heavy atom. The zero-order valence-corrected chi connectivity index (χ0v) is 7.09. The van der Waals surface area contributed by atoms with Crippen molar-refractivity contribution in [1.29, 1.82) is 5.26 Å². The summed E-state index contributed by atoms with van der Waals surface area (Å²) in [7, 11) is 1.08. The van der Waals surface area contributed by atoms with Crippen LogP contribution in [0.2, 0.25) is 0 Å². The van der Waals surface area contributed by atoms with Crippen LogP contribution in [0.5, 0.6) is 5.75 Å². The highest BCUT2D eigenvalue weighted by molar-refractivity contribution is 5.41. The first kappa shape index (κ1) is 10.3. The van der Waals surface area contributed by atoms with E-state index in [9.17, 15) is 13.2 Å². The highest BCUT2D eigenvalue weighted by Gasteiger charge is 2.21. The lowest BCUT2D eigenvalue weighted by molar-refractivity contribution is 0.144. The predicted octanol–water partition coefficient (Wildman–Crippen LogP) is 2.04. The normalized spacial score (nSPS) is 10.0. The molecule has 0 fully saturated rings. The summed E-state index contributed by atoms with van der Waals surface area (Å²) in [6.07, 6.45) is -2.36. The fourth-order valence-corrected chi connectivity index (χ4v) is 0.902. The van der Waals surface area contributed by atoms with Crippen molar-refractivity contribution >= 4 is 0 Å². The topological polar surface area (TPSA) is 45.9 Å². The summed E-state index contributed by atoms with van der Waals surface area (Å²) in [4.78, 5) is 3.34. The Labute approximate surface area is 77.7 Å². The lowest BCUT2D eigenvalue weighted by Crippen LogP contribution is -2.00. The summed E-state index contributed by atoms with van der Waals surface area (Å²) in [6, 6.07) is 1.53. The van der Waals surface area contributed by atoms with Crippen LogP contribution in [0, 0.1) is 17.1 Å². The van der Waals surface area contributed by atoms with Crippen LogP contribution in [0.1, 0.15) is 17.7 Å². The summed E-state index contributed by atoms with van der Waals surface area (Å²) < 4.78 is 42.0. The van der Waals surface area contributed by atoms with Gasteiger partial charge in [-0.05, 0) is 0 Å². The van der Waals surface area contributed by atoms with Crippen molar-refractivity contribution in [3.8, 4) is 11.8 Å². The molecule has 14 heavy (non-hydrogen) atoms. The Kier molecular flexibility index (Phi) is 2.92. The van der Waals surface area contributed by atoms with Gasteiger partial charge in [-0.15, -0.1) is 0 Å². The number of hydrogen-bond donors (Lipinski definition) is 0. The van der Waals surface area contributed by atoms with Crippen LogP contribution < -0.4 is 4.74 Å². The second-order valence-electron chi connectivity index (χ2n) is 2.32. The number of methoxy groups -OCH3 is 1. The van der Waals surface area contributed by atoms with E-state index in [4.69, 9.17) is 5.26 Å². The first-order valence-electron chi connectivity index (χ1n) is 3.52. The summed E-state index contributed by atoms with van der Waals surface area (Å²) in [5, 5.41) is 8.46. The van der Waals surface area contributed by atoms with Gasteiger partial charge in [0, 0.05) is 6.20 Å². The van der Waals surface area contributed by atoms with Crippen LogP contribution in [-0.2, 0) is 0 Å². The zero-order chi connectivity index (χ0) is 10.7. The second kappa shape index (κ2) is 3.96. The molecule has 0 aliphatic carbocycles. The van der Waals surface area contributed by atoms with Crippen molar-refractivity contribution in [3.63, 3.8) is 0 Å². The Morgan fingerprint density at radius 3 is 2.64 bits per heavy atom. The summed E-state index contributed by atoms with van der Waals surface area (Å²) >= 11 is 0. The Balaban J connectivity index is 3.37. The molecule has 0 saturated heterocycles. The number of rotatable bonds is 2. The van der Waals surface area contributed by atoms with Gasteiger partial charge in [0.1, 0.15) is 6.07 Å². The molecule has 0 spiro atoms. The molecule has 0 atom stereocenters. The average molecular weight is 202 g/mol. The molecular weight excluding hydrogens is 197 g/mol. The van der Waals surface area contributed by atoms with Crippen molar-refractivity contribution in [2.24, 2.45) is 0 Å². The number of alkyl halides is 2. The van der Waals surface area contributed by atoms with Gasteiger partial charge in [0.05, 0.1) is 12.7 Å². The first-order chi connectivity index (χ1) is 6.61. The molecule has 0 amide bonds. The molecule has 3 nitrogen and oxygen atoms in total. The summed E-state index contributed by atoms with van der Waals surface area (Å²) in [6.45, 7) is 0. The van der Waals surface area contributed by atoms with E-state index in [0.29, 0.717) is 6.20 Å². The van der Waals surface area contributed by atoms with Gasteiger partial charge >= 0.3 is 0 Å². The van der Waals surface area contributed by atoms with Gasteiger partial charge in [0.2, 0.25) is 0 Å². The fraction of sp³-hybridized carbons (Fsp3) is 0.250. The number of pyridine rings is 1. The van der Waals surface area contributed by atoms with Crippen molar-refractivity contribution in [3.05, 3.63) is 23.3 Å². The molecule has 74 valence electrons. The van der Waals surface area contributed by atoms with Gasteiger partial charge in [-0.1, -0.05) is 0 Å². The lowest BCUT2D eigenvalue weighted by Gasteiger charge is -2.06. The van der Waals surface area contributed by atoms with Crippen LogP contribution in [0.15, 0.2) is 6.20 Å². The molecule has 0 unspecified atom stereocenters. The van der Waals surface area contributed by atoms with Crippen molar-refractivity contribution < 1.29 is 17.9 Å². The van der Waals surface area contributed by atoms with E-state index in [0.717, 1.165) is 7.11 Å². The largest absolute Gasteiger partial charge is 0.491 e. The van der Waals surface area contributed by atoms with E-state index in [1.807, 2.05) is 0 Å². The van der Waals surface area contributed by atoms with Crippen LogP contribution in [0.4, 0.5) is 13.2 Å². The number of ether oxygens (including phenoxy) is 1. The first-order valence-corrected chi connectivity index (χ1v) is 3.52. The Bertz CT molecular complexity index is 387. The fourth-order valence-electron chi connectivity index (χ4n) is 0.902. The molecule has 1 heterocycles. The van der Waals surface area contributed by atoms with Crippen LogP contribution in [0.25, 0.3) is 0 Å². The third kappa shape index (κ3) is 1.62. The molecule has 0 aliphatic heterocycles. The van der Waals surface area contributed by atoms with Gasteiger partial charge in [0.25, 0.3) is 6.43 Å². The number of nitriles is 1. The quantitative estimate of drug-likeness (QED) is 0.737. The molecule has 1 rings (SSSR count). The molecule has 0 aromatic carbocycles. The van der Waals surface area contributed by atoms with Gasteiger partial charge in [-0.25, -0.2) is 18.2 Å². The van der Waals surface area contributed by atoms with Crippen molar-refractivity contribution in [1.82, 2.24) is 4.98 Å². The maximum Gasteiger partial charge on any atom is 0.268 e. The number of nitrogens with zero attached hydrogens (tertiary/aromatic N) is 2. The van der Waals surface area contributed by atoms with Gasteiger partial charge in [-0.3, -0.25) is 0 Å². The lowest BCUT2D eigenvalue weighted by atomic mass is 10.2. The number of halogens is 3. The van der Waals surface area contributed by atoms with E-state index < -0.39 is 23.6 Å². The van der Waals surface area contributed by atoms with Crippen LogP contribution in [0.3, 0.4) is 0 Å². The summed E-state index contributed by atoms with van der Waals surface area (Å²) in [5.41, 5.74) is -1.23. The minimum atomic E-state index is -2.98. The highest BCUT2D eigenvalue weighted by Crippen LogP contribution is 2.29. The van der Waals surface area contributed by atoms with Crippen LogP contribution >= 0.6 is 0 Å². The minimum absolute atomic E-state index is 0.352. The van der Waals surface area contributed by atoms with Gasteiger partial charge in [-0.2, -0.15) is 5.26 Å². The summed E-state index contributed by atoms with van der Waals surface area (Å²) in [5.74, 6) is -1.79. The molecule has 0 N–H and O–H groups in total. The van der Waals surface area contributed by atoms with Crippen molar-refractivity contribution in [2.45, 2.75) is 6.43 Å². The Hall–Kier alpha value is -1.77. The van der Waals surface area contributed by atoms with E-state index in [-0.39, 0.29) is 5.69 Å². The second-order valence-corrected chi connectivity index (χ2v) is 2.32. The third-order valence-corrected chi connectivity index (χ3v) is 1.55. The number of aromatic nitrogens is 1. The Morgan fingerprint density at radius 1 is 1.57 bits per heavy atom. The minimum Gasteiger partial charge on any atom is -0.491 e. The SMILES string of the molecule is COc1c(C#N)ncc(C(F)F)c1F. The number of hydrogen-bond acceptors (Lipinski definition) is 3. The maximum atomic E-state index is 13.2. The molecule has 6 heteroatoms. The monoisotopic (exact) mass is 202 g/mol. The van der Waals surface area contributed by atoms with Gasteiger partial charge in [0.15, 0.2) is 17.3 Å². The molecular formula is C8H5F3N2O. The molecule has 0 aliphatic rings. The predicted molar refractivity (Wildman–Crippen MR) is 40.4 cm³/mol. The van der Waals surface area contributed by atoms with E-state index in [1.54, 1.807) is 0 Å². The molecule has 0 radical (unpaired) electrons. The van der Waals surface area contributed by atoms with Crippen LogP contribution in [-0.4, -0.2) is 12.1 Å². The van der Waals surface area contributed by atoms with E-state index in [2.05, 4.69) is 9.72 Å². The average Bonchev–Trinajstić information content (AvgIpc) is 2.16. The molecule has 0 saturated carbocycles. The maximum absolute atomic E-state index is 13.2. The van der Waals surface area contributed by atoms with E-state index >= 15 is 0 Å². The highest BCUT2D eigenvalue weighted by atomic mass is 19.3. The molecule has 1 aromatic rings. The third-order valence-electron chi connectivity index (χ3n) is 1.55. The molecule has 1 aromatic heterocycles. The molecule has 0 bridgehead atoms. The van der Waals surface area contributed by atoms with Crippen molar-refractivity contribution in [2.75, 3.05) is 7.11 Å². The standard InChI is InChI=1S/C8H5F3N2O/c1-14-7-5(2-12)13-3-4(6(7)9)8(10)11/h3,8H,1H3. The zero-order valence-electron chi connectivity index (χ0n) is 7.09. The van der Waals surface area contributed by atoms with Gasteiger partial charge < -0.3 is 4.74 Å². The van der Waals surface area contributed by atoms with E-state index in [1.165, 1.54) is 6.07 Å².